The fraction of sp³-hybridized carbons (Fsp3) is 0.235. The highest BCUT2D eigenvalue weighted by Gasteiger charge is 2.23. The summed E-state index contributed by atoms with van der Waals surface area (Å²) in [6, 6.07) is 14.2. The van der Waals surface area contributed by atoms with Crippen LogP contribution in [0.3, 0.4) is 0 Å². The Bertz CT molecular complexity index is 683. The highest BCUT2D eigenvalue weighted by Crippen LogP contribution is 2.25. The van der Waals surface area contributed by atoms with E-state index < -0.39 is 5.92 Å². The second-order valence-electron chi connectivity index (χ2n) is 5.23. The van der Waals surface area contributed by atoms with Crippen molar-refractivity contribution in [1.82, 2.24) is 0 Å². The Morgan fingerprint density at radius 2 is 1.82 bits per heavy atom. The predicted molar refractivity (Wildman–Crippen MR) is 86.2 cm³/mol. The third-order valence-electron chi connectivity index (χ3n) is 3.52. The number of hydrogen-bond donors (Lipinski definition) is 0. The third kappa shape index (κ3) is 4.15. The van der Waals surface area contributed by atoms with Gasteiger partial charge in [-0.3, -0.25) is 14.9 Å². The zero-order chi connectivity index (χ0) is 16.1. The molecule has 0 fully saturated rings. The summed E-state index contributed by atoms with van der Waals surface area (Å²) in [4.78, 5) is 22.9. The van der Waals surface area contributed by atoms with Crippen LogP contribution in [0.1, 0.15) is 33.8 Å². The van der Waals surface area contributed by atoms with E-state index >= 15 is 0 Å². The largest absolute Gasteiger partial charge is 0.294 e. The van der Waals surface area contributed by atoms with Crippen LogP contribution in [-0.2, 0) is 0 Å². The number of ketones is 1. The third-order valence-corrected chi connectivity index (χ3v) is 3.85. The van der Waals surface area contributed by atoms with Crippen LogP contribution in [-0.4, -0.2) is 17.3 Å². The Kier molecular flexibility index (Phi) is 5.28. The smallest absolute Gasteiger partial charge is 0.211 e. The quantitative estimate of drug-likeness (QED) is 0.454. The van der Waals surface area contributed by atoms with Gasteiger partial charge in [0.2, 0.25) is 6.54 Å². The summed E-state index contributed by atoms with van der Waals surface area (Å²) in [7, 11) is 0. The molecule has 0 spiro atoms. The SMILES string of the molecule is Cc1ccc([C@H](CC(=O)c2ccccc2Cl)C[N+](=O)[O-])cc1. The van der Waals surface area contributed by atoms with Gasteiger partial charge in [0.1, 0.15) is 0 Å². The zero-order valence-corrected chi connectivity index (χ0v) is 12.9. The van der Waals surface area contributed by atoms with Crippen molar-refractivity contribution >= 4 is 17.4 Å². The van der Waals surface area contributed by atoms with Crippen LogP contribution >= 0.6 is 11.6 Å². The highest BCUT2D eigenvalue weighted by atomic mass is 35.5. The second-order valence-corrected chi connectivity index (χ2v) is 5.64. The van der Waals surface area contributed by atoms with Crippen molar-refractivity contribution < 1.29 is 9.72 Å². The van der Waals surface area contributed by atoms with Gasteiger partial charge in [-0.2, -0.15) is 0 Å². The monoisotopic (exact) mass is 317 g/mol. The van der Waals surface area contributed by atoms with Crippen LogP contribution in [0.15, 0.2) is 48.5 Å². The number of hydrogen-bond acceptors (Lipinski definition) is 3. The summed E-state index contributed by atoms with van der Waals surface area (Å²) in [5.74, 6) is -0.641. The molecule has 0 aliphatic rings. The number of carbonyl (C=O) groups is 1. The predicted octanol–water partition coefficient (Wildman–Crippen LogP) is 4.28. The van der Waals surface area contributed by atoms with Crippen LogP contribution in [0, 0.1) is 17.0 Å². The van der Waals surface area contributed by atoms with E-state index in [4.69, 9.17) is 11.6 Å². The van der Waals surface area contributed by atoms with Gasteiger partial charge in [0, 0.05) is 16.9 Å². The number of Topliss-reactive ketones (excluding diaryl/α,β-unsaturated/α-hetero) is 1. The minimum atomic E-state index is -0.459. The summed E-state index contributed by atoms with van der Waals surface area (Å²) in [6.07, 6.45) is 0.0633. The van der Waals surface area contributed by atoms with E-state index in [0.717, 1.165) is 11.1 Å². The Morgan fingerprint density at radius 3 is 2.41 bits per heavy atom. The molecule has 114 valence electrons. The molecule has 0 amide bonds. The average Bonchev–Trinajstić information content (AvgIpc) is 2.47. The summed E-state index contributed by atoms with van der Waals surface area (Å²) >= 11 is 6.02. The van der Waals surface area contributed by atoms with E-state index in [2.05, 4.69) is 0 Å². The maximum Gasteiger partial charge on any atom is 0.211 e. The molecule has 0 saturated carbocycles. The molecule has 2 rings (SSSR count). The Morgan fingerprint density at radius 1 is 1.18 bits per heavy atom. The van der Waals surface area contributed by atoms with E-state index in [0.29, 0.717) is 10.6 Å². The first-order valence-corrected chi connectivity index (χ1v) is 7.31. The molecule has 0 aromatic heterocycles. The zero-order valence-electron chi connectivity index (χ0n) is 12.2. The normalized spacial score (nSPS) is 11.9. The van der Waals surface area contributed by atoms with Crippen molar-refractivity contribution in [1.29, 1.82) is 0 Å². The number of carbonyl (C=O) groups excluding carboxylic acids is 1. The molecule has 2 aromatic carbocycles. The number of nitrogens with zero attached hydrogens (tertiary/aromatic N) is 1. The number of benzene rings is 2. The van der Waals surface area contributed by atoms with Crippen LogP contribution in [0.4, 0.5) is 0 Å². The van der Waals surface area contributed by atoms with Gasteiger partial charge in [0.25, 0.3) is 0 Å². The molecule has 5 heteroatoms. The molecular formula is C17H16ClNO3. The maximum atomic E-state index is 12.4. The molecule has 0 heterocycles. The van der Waals surface area contributed by atoms with Crippen molar-refractivity contribution in [2.45, 2.75) is 19.3 Å². The van der Waals surface area contributed by atoms with Crippen molar-refractivity contribution in [3.05, 3.63) is 80.4 Å². The molecule has 2 aromatic rings. The van der Waals surface area contributed by atoms with E-state index in [1.165, 1.54) is 0 Å². The fourth-order valence-corrected chi connectivity index (χ4v) is 2.57. The van der Waals surface area contributed by atoms with Crippen molar-refractivity contribution in [3.63, 3.8) is 0 Å². The van der Waals surface area contributed by atoms with Crippen LogP contribution < -0.4 is 0 Å². The second kappa shape index (κ2) is 7.18. The van der Waals surface area contributed by atoms with E-state index in [9.17, 15) is 14.9 Å². The van der Waals surface area contributed by atoms with Crippen molar-refractivity contribution in [2.24, 2.45) is 0 Å². The Hall–Kier alpha value is -2.20. The Balaban J connectivity index is 2.23. The van der Waals surface area contributed by atoms with E-state index in [1.54, 1.807) is 24.3 Å². The lowest BCUT2D eigenvalue weighted by Crippen LogP contribution is -2.17. The van der Waals surface area contributed by atoms with Gasteiger partial charge in [-0.15, -0.1) is 0 Å². The van der Waals surface area contributed by atoms with Gasteiger partial charge in [-0.25, -0.2) is 0 Å². The Labute approximate surface area is 133 Å². The summed E-state index contributed by atoms with van der Waals surface area (Å²) in [5, 5.41) is 11.3. The lowest BCUT2D eigenvalue weighted by Gasteiger charge is -2.13. The molecule has 0 aliphatic heterocycles. The topological polar surface area (TPSA) is 60.2 Å². The van der Waals surface area contributed by atoms with Crippen LogP contribution in [0.2, 0.25) is 5.02 Å². The first-order chi connectivity index (χ1) is 10.5. The summed E-state index contributed by atoms with van der Waals surface area (Å²) in [6.45, 7) is 1.67. The number of rotatable bonds is 6. The van der Waals surface area contributed by atoms with E-state index in [1.807, 2.05) is 31.2 Å². The van der Waals surface area contributed by atoms with Crippen LogP contribution in [0.5, 0.6) is 0 Å². The number of halogens is 1. The van der Waals surface area contributed by atoms with Gasteiger partial charge < -0.3 is 0 Å². The standard InChI is InChI=1S/C17H16ClNO3/c1-12-6-8-13(9-7-12)14(11-19(21)22)10-17(20)15-4-2-3-5-16(15)18/h2-9,14H,10-11H2,1H3/t14-/m1/s1. The number of nitro groups is 1. The lowest BCUT2D eigenvalue weighted by molar-refractivity contribution is -0.483. The van der Waals surface area contributed by atoms with Crippen LogP contribution in [0.25, 0.3) is 0 Å². The number of aryl methyl sites for hydroxylation is 1. The van der Waals surface area contributed by atoms with Gasteiger partial charge in [-0.1, -0.05) is 53.6 Å². The van der Waals surface area contributed by atoms with Gasteiger partial charge in [0.15, 0.2) is 5.78 Å². The molecule has 1 atom stereocenters. The molecule has 0 saturated heterocycles. The molecular weight excluding hydrogens is 302 g/mol. The molecule has 0 bridgehead atoms. The lowest BCUT2D eigenvalue weighted by atomic mass is 9.91. The highest BCUT2D eigenvalue weighted by molar-refractivity contribution is 6.33. The first kappa shape index (κ1) is 16.2. The maximum absolute atomic E-state index is 12.4. The molecule has 0 aliphatic carbocycles. The van der Waals surface area contributed by atoms with Gasteiger partial charge >= 0.3 is 0 Å². The fourth-order valence-electron chi connectivity index (χ4n) is 2.33. The molecule has 0 N–H and O–H groups in total. The molecule has 0 unspecified atom stereocenters. The minimum Gasteiger partial charge on any atom is -0.294 e. The summed E-state index contributed by atoms with van der Waals surface area (Å²) in [5.41, 5.74) is 2.27. The molecule has 22 heavy (non-hydrogen) atoms. The van der Waals surface area contributed by atoms with Crippen molar-refractivity contribution in [3.8, 4) is 0 Å². The van der Waals surface area contributed by atoms with Crippen molar-refractivity contribution in [2.75, 3.05) is 6.54 Å². The first-order valence-electron chi connectivity index (χ1n) is 6.93. The minimum absolute atomic E-state index is 0.0633. The average molecular weight is 318 g/mol. The van der Waals surface area contributed by atoms with E-state index in [-0.39, 0.29) is 23.7 Å². The van der Waals surface area contributed by atoms with Gasteiger partial charge in [0.05, 0.1) is 10.9 Å². The molecule has 0 radical (unpaired) electrons. The van der Waals surface area contributed by atoms with Gasteiger partial charge in [-0.05, 0) is 24.6 Å². The molecule has 4 nitrogen and oxygen atoms in total. The summed E-state index contributed by atoms with van der Waals surface area (Å²) < 4.78 is 0.